The maximum atomic E-state index is 6.19. The van der Waals surface area contributed by atoms with E-state index in [0.29, 0.717) is 16.7 Å². The Morgan fingerprint density at radius 3 is 2.63 bits per heavy atom. The van der Waals surface area contributed by atoms with Gasteiger partial charge in [0.25, 0.3) is 0 Å². The van der Waals surface area contributed by atoms with E-state index >= 15 is 0 Å². The Kier molecular flexibility index (Phi) is 5.08. The molecule has 104 valence electrons. The van der Waals surface area contributed by atoms with Gasteiger partial charge in [0.2, 0.25) is 6.29 Å². The van der Waals surface area contributed by atoms with Crippen LogP contribution in [0.5, 0.6) is 0 Å². The molecule has 2 atom stereocenters. The Balaban J connectivity index is 2.11. The lowest BCUT2D eigenvalue weighted by Crippen LogP contribution is -2.24. The molecule has 1 aliphatic rings. The van der Waals surface area contributed by atoms with Crippen LogP contribution in [-0.4, -0.2) is 18.6 Å². The van der Waals surface area contributed by atoms with Crippen molar-refractivity contribution in [2.24, 2.45) is 11.1 Å². The third-order valence-corrected chi connectivity index (χ3v) is 3.72. The van der Waals surface area contributed by atoms with Crippen LogP contribution in [0.25, 0.3) is 0 Å². The molecular weight excluding hydrogens is 285 g/mol. The molecule has 0 fully saturated rings. The summed E-state index contributed by atoms with van der Waals surface area (Å²) >= 11 is 12.4. The zero-order valence-electron chi connectivity index (χ0n) is 11.0. The number of rotatable bonds is 5. The summed E-state index contributed by atoms with van der Waals surface area (Å²) in [6, 6.07) is 5.40. The monoisotopic (exact) mass is 301 g/mol. The van der Waals surface area contributed by atoms with E-state index in [1.54, 1.807) is 12.1 Å². The first kappa shape index (κ1) is 14.6. The van der Waals surface area contributed by atoms with Gasteiger partial charge in [-0.05, 0) is 18.6 Å². The third-order valence-electron chi connectivity index (χ3n) is 3.09. The van der Waals surface area contributed by atoms with Crippen molar-refractivity contribution in [3.05, 3.63) is 33.8 Å². The number of nitrogens with zero attached hydrogens (tertiary/aromatic N) is 1. The van der Waals surface area contributed by atoms with Crippen LogP contribution < -0.4 is 0 Å². The van der Waals surface area contributed by atoms with Gasteiger partial charge in [0.1, 0.15) is 0 Å². The zero-order chi connectivity index (χ0) is 13.8. The zero-order valence-corrected chi connectivity index (χ0v) is 12.5. The van der Waals surface area contributed by atoms with Crippen molar-refractivity contribution >= 4 is 28.9 Å². The minimum absolute atomic E-state index is 0.00857. The van der Waals surface area contributed by atoms with E-state index in [-0.39, 0.29) is 12.2 Å². The smallest absolute Gasteiger partial charge is 0.235 e. The summed E-state index contributed by atoms with van der Waals surface area (Å²) in [5.41, 5.74) is 1.48. The fraction of sp³-hybridized carbons (Fsp3) is 0.500. The van der Waals surface area contributed by atoms with Crippen LogP contribution >= 0.6 is 23.2 Å². The molecule has 0 spiro atoms. The van der Waals surface area contributed by atoms with Gasteiger partial charge in [0.05, 0.1) is 28.3 Å². The van der Waals surface area contributed by atoms with Gasteiger partial charge in [-0.3, -0.25) is 0 Å². The summed E-state index contributed by atoms with van der Waals surface area (Å²) in [7, 11) is 0. The van der Waals surface area contributed by atoms with Crippen molar-refractivity contribution in [3.8, 4) is 0 Å². The van der Waals surface area contributed by atoms with E-state index in [1.807, 2.05) is 13.0 Å². The highest BCUT2D eigenvalue weighted by molar-refractivity contribution is 6.40. The number of hydrogen-bond donors (Lipinski definition) is 0. The Bertz CT molecular complexity index is 456. The second-order valence-corrected chi connectivity index (χ2v) is 5.37. The van der Waals surface area contributed by atoms with Crippen molar-refractivity contribution in [1.82, 2.24) is 0 Å². The topological polar surface area (TPSA) is 30.8 Å². The summed E-state index contributed by atoms with van der Waals surface area (Å²) in [4.78, 5) is 5.34. The highest BCUT2D eigenvalue weighted by Gasteiger charge is 2.33. The van der Waals surface area contributed by atoms with Crippen molar-refractivity contribution in [1.29, 1.82) is 0 Å². The van der Waals surface area contributed by atoms with Gasteiger partial charge in [-0.25, -0.2) is 0 Å². The standard InChI is InChI=1S/C14H17Cl2NO2/c1-3-4-8-18-14-9(2)13(17-19-14)12-10(15)6-5-7-11(12)16/h5-7,9,14H,3-4,8H2,1-2H3/t9-,14-/m0/s1. The van der Waals surface area contributed by atoms with Gasteiger partial charge in [0.15, 0.2) is 0 Å². The summed E-state index contributed by atoms with van der Waals surface area (Å²) in [5, 5.41) is 5.25. The normalized spacial score (nSPS) is 22.2. The van der Waals surface area contributed by atoms with Crippen LogP contribution in [-0.2, 0) is 9.57 Å². The summed E-state index contributed by atoms with van der Waals surface area (Å²) in [6.07, 6.45) is 1.74. The summed E-state index contributed by atoms with van der Waals surface area (Å²) in [6.45, 7) is 4.79. The van der Waals surface area contributed by atoms with Crippen LogP contribution in [0.15, 0.2) is 23.4 Å². The molecule has 0 saturated heterocycles. The van der Waals surface area contributed by atoms with Gasteiger partial charge >= 0.3 is 0 Å². The van der Waals surface area contributed by atoms with Crippen molar-refractivity contribution in [2.45, 2.75) is 33.0 Å². The largest absolute Gasteiger partial charge is 0.363 e. The molecule has 2 rings (SSSR count). The van der Waals surface area contributed by atoms with Crippen LogP contribution in [0.3, 0.4) is 0 Å². The van der Waals surface area contributed by atoms with Gasteiger partial charge in [-0.1, -0.05) is 54.7 Å². The Hall–Kier alpha value is -0.770. The molecule has 1 aliphatic heterocycles. The molecule has 0 bridgehead atoms. The molecule has 0 unspecified atom stereocenters. The molecular formula is C14H17Cl2NO2. The van der Waals surface area contributed by atoms with Crippen LogP contribution in [0.4, 0.5) is 0 Å². The van der Waals surface area contributed by atoms with Crippen LogP contribution in [0.2, 0.25) is 10.0 Å². The number of unbranched alkanes of at least 4 members (excludes halogenated alkanes) is 1. The first-order valence-electron chi connectivity index (χ1n) is 6.44. The minimum Gasteiger partial charge on any atom is -0.363 e. The van der Waals surface area contributed by atoms with E-state index in [1.165, 1.54) is 0 Å². The second-order valence-electron chi connectivity index (χ2n) is 4.56. The first-order valence-corrected chi connectivity index (χ1v) is 7.20. The molecule has 0 N–H and O–H groups in total. The quantitative estimate of drug-likeness (QED) is 0.749. The van der Waals surface area contributed by atoms with Crippen molar-refractivity contribution in [2.75, 3.05) is 6.61 Å². The van der Waals surface area contributed by atoms with Gasteiger partial charge < -0.3 is 9.57 Å². The van der Waals surface area contributed by atoms with Gasteiger partial charge in [-0.2, -0.15) is 0 Å². The molecule has 5 heteroatoms. The van der Waals surface area contributed by atoms with Crippen molar-refractivity contribution in [3.63, 3.8) is 0 Å². The van der Waals surface area contributed by atoms with Crippen LogP contribution in [0.1, 0.15) is 32.3 Å². The Labute approximate surface area is 123 Å². The lowest BCUT2D eigenvalue weighted by atomic mass is 9.98. The molecule has 3 nitrogen and oxygen atoms in total. The first-order chi connectivity index (χ1) is 9.15. The third kappa shape index (κ3) is 3.22. The molecule has 0 saturated carbocycles. The minimum atomic E-state index is -0.353. The number of halogens is 2. The Morgan fingerprint density at radius 1 is 1.32 bits per heavy atom. The molecule has 0 radical (unpaired) electrons. The van der Waals surface area contributed by atoms with Gasteiger partial charge in [-0.15, -0.1) is 0 Å². The number of ether oxygens (including phenoxy) is 1. The van der Waals surface area contributed by atoms with E-state index in [4.69, 9.17) is 32.8 Å². The molecule has 0 amide bonds. The Morgan fingerprint density at radius 2 is 2.00 bits per heavy atom. The van der Waals surface area contributed by atoms with E-state index < -0.39 is 0 Å². The number of hydrogen-bond acceptors (Lipinski definition) is 3. The van der Waals surface area contributed by atoms with E-state index in [0.717, 1.165) is 24.1 Å². The maximum Gasteiger partial charge on any atom is 0.235 e. The van der Waals surface area contributed by atoms with Crippen LogP contribution in [0, 0.1) is 5.92 Å². The number of benzene rings is 1. The molecule has 0 aliphatic carbocycles. The van der Waals surface area contributed by atoms with Gasteiger partial charge in [0, 0.05) is 5.56 Å². The highest BCUT2D eigenvalue weighted by Crippen LogP contribution is 2.32. The van der Waals surface area contributed by atoms with E-state index in [2.05, 4.69) is 12.1 Å². The highest BCUT2D eigenvalue weighted by atomic mass is 35.5. The molecule has 1 aromatic carbocycles. The molecule has 19 heavy (non-hydrogen) atoms. The lowest BCUT2D eigenvalue weighted by molar-refractivity contribution is -0.142. The predicted octanol–water partition coefficient (Wildman–Crippen LogP) is 4.51. The fourth-order valence-corrected chi connectivity index (χ4v) is 2.54. The molecule has 1 heterocycles. The lowest BCUT2D eigenvalue weighted by Gasteiger charge is -2.16. The second kappa shape index (κ2) is 6.60. The maximum absolute atomic E-state index is 6.19. The van der Waals surface area contributed by atoms with E-state index in [9.17, 15) is 0 Å². The molecule has 1 aromatic rings. The summed E-state index contributed by atoms with van der Waals surface area (Å²) in [5.74, 6) is 0.00857. The van der Waals surface area contributed by atoms with Crippen molar-refractivity contribution < 1.29 is 9.57 Å². The fourth-order valence-electron chi connectivity index (χ4n) is 1.95. The predicted molar refractivity (Wildman–Crippen MR) is 77.9 cm³/mol. The average Bonchev–Trinajstić information content (AvgIpc) is 2.72. The SMILES string of the molecule is CCCCO[C@H]1ON=C(c2c(Cl)cccc2Cl)[C@@H]1C. The summed E-state index contributed by atoms with van der Waals surface area (Å²) < 4.78 is 5.66. The molecule has 0 aromatic heterocycles. The average molecular weight is 302 g/mol. The number of oxime groups is 1.